The predicted molar refractivity (Wildman–Crippen MR) is 127 cm³/mol. The van der Waals surface area contributed by atoms with E-state index in [9.17, 15) is 4.79 Å². The van der Waals surface area contributed by atoms with Gasteiger partial charge in [0.05, 0.1) is 24.9 Å². The molecule has 0 saturated carbocycles. The van der Waals surface area contributed by atoms with E-state index in [1.54, 1.807) is 12.0 Å². The molecule has 0 unspecified atom stereocenters. The highest BCUT2D eigenvalue weighted by Gasteiger charge is 2.29. The molecule has 34 heavy (non-hydrogen) atoms. The number of hydrogen-bond donors (Lipinski definition) is 0. The average molecular weight is 461 g/mol. The molecule has 176 valence electrons. The maximum Gasteiger partial charge on any atom is 0.410 e. The molecule has 1 fully saturated rings. The molecule has 2 aliphatic heterocycles. The van der Waals surface area contributed by atoms with Crippen molar-refractivity contribution in [2.24, 2.45) is 0 Å². The van der Waals surface area contributed by atoms with Gasteiger partial charge in [0.2, 0.25) is 11.8 Å². The maximum absolute atomic E-state index is 12.8. The van der Waals surface area contributed by atoms with Gasteiger partial charge in [0.1, 0.15) is 6.61 Å². The second-order valence-corrected chi connectivity index (χ2v) is 8.41. The van der Waals surface area contributed by atoms with Gasteiger partial charge in [-0.3, -0.25) is 0 Å². The van der Waals surface area contributed by atoms with Crippen LogP contribution >= 0.6 is 0 Å². The number of rotatable bonds is 6. The lowest BCUT2D eigenvalue weighted by molar-refractivity contribution is 0.0912. The number of hydrogen-bond acceptors (Lipinski definition) is 7. The van der Waals surface area contributed by atoms with Crippen molar-refractivity contribution in [3.63, 3.8) is 0 Å². The first kappa shape index (κ1) is 22.0. The number of methoxy groups -OCH3 is 1. The molecule has 5 rings (SSSR count). The Bertz CT molecular complexity index is 1150. The van der Waals surface area contributed by atoms with Crippen LogP contribution in [0.15, 0.2) is 54.6 Å². The van der Waals surface area contributed by atoms with Gasteiger partial charge in [-0.2, -0.15) is 4.98 Å². The topological polar surface area (TPSA) is 77.0 Å². The summed E-state index contributed by atoms with van der Waals surface area (Å²) in [4.78, 5) is 26.3. The minimum absolute atomic E-state index is 0.234. The van der Waals surface area contributed by atoms with Crippen LogP contribution in [0.4, 0.5) is 10.7 Å². The molecule has 0 radical (unpaired) electrons. The van der Waals surface area contributed by atoms with Crippen molar-refractivity contribution in [1.29, 1.82) is 0 Å². The quantitative estimate of drug-likeness (QED) is 0.533. The summed E-state index contributed by atoms with van der Waals surface area (Å²) in [5.74, 6) is 2.33. The predicted octanol–water partition coefficient (Wildman–Crippen LogP) is 4.57. The molecule has 2 aromatic carbocycles. The molecule has 0 N–H and O–H groups in total. The lowest BCUT2D eigenvalue weighted by Gasteiger charge is -2.29. The van der Waals surface area contributed by atoms with E-state index < -0.39 is 0 Å². The number of amides is 1. The number of nitrogens with zero attached hydrogens (tertiary/aromatic N) is 4. The van der Waals surface area contributed by atoms with Crippen LogP contribution in [0.3, 0.4) is 0 Å². The standard InChI is InChI=1S/C26H28N4O4/c1-32-22-11-5-6-12-23(22)34-24-20-17-30(26(31)33-18-19-9-3-2-4-10-19)16-13-21(20)27-25(28-24)29-14-7-8-15-29/h2-6,9-12H,7-8,13-18H2,1H3. The van der Waals surface area contributed by atoms with E-state index in [0.29, 0.717) is 42.8 Å². The summed E-state index contributed by atoms with van der Waals surface area (Å²) >= 11 is 0. The van der Waals surface area contributed by atoms with Crippen molar-refractivity contribution in [2.45, 2.75) is 32.4 Å². The number of carbonyl (C=O) groups is 1. The Labute approximate surface area is 199 Å². The van der Waals surface area contributed by atoms with Gasteiger partial charge in [0.15, 0.2) is 11.5 Å². The highest BCUT2D eigenvalue weighted by molar-refractivity contribution is 5.68. The molecule has 3 heterocycles. The molecular formula is C26H28N4O4. The molecule has 1 amide bonds. The van der Waals surface area contributed by atoms with Gasteiger partial charge in [0, 0.05) is 26.1 Å². The number of benzene rings is 2. The zero-order valence-corrected chi connectivity index (χ0v) is 19.3. The van der Waals surface area contributed by atoms with Gasteiger partial charge in [0.25, 0.3) is 0 Å². The minimum Gasteiger partial charge on any atom is -0.493 e. The maximum atomic E-state index is 12.8. The van der Waals surface area contributed by atoms with E-state index in [-0.39, 0.29) is 12.7 Å². The summed E-state index contributed by atoms with van der Waals surface area (Å²) in [6.07, 6.45) is 2.51. The van der Waals surface area contributed by atoms with E-state index in [2.05, 4.69) is 4.90 Å². The summed E-state index contributed by atoms with van der Waals surface area (Å²) in [5, 5.41) is 0. The Kier molecular flexibility index (Phi) is 6.46. The van der Waals surface area contributed by atoms with E-state index in [0.717, 1.165) is 42.8 Å². The smallest absolute Gasteiger partial charge is 0.410 e. The number of aromatic nitrogens is 2. The fraction of sp³-hybridized carbons (Fsp3) is 0.346. The number of ether oxygens (including phenoxy) is 3. The van der Waals surface area contributed by atoms with Gasteiger partial charge >= 0.3 is 6.09 Å². The van der Waals surface area contributed by atoms with Gasteiger partial charge in [-0.05, 0) is 30.5 Å². The first-order chi connectivity index (χ1) is 16.7. The van der Waals surface area contributed by atoms with Crippen molar-refractivity contribution in [3.05, 3.63) is 71.4 Å². The summed E-state index contributed by atoms with van der Waals surface area (Å²) in [7, 11) is 1.61. The molecule has 8 heteroatoms. The summed E-state index contributed by atoms with van der Waals surface area (Å²) < 4.78 is 17.3. The Hall–Kier alpha value is -3.81. The monoisotopic (exact) mass is 460 g/mol. The minimum atomic E-state index is -0.360. The summed E-state index contributed by atoms with van der Waals surface area (Å²) in [6, 6.07) is 17.1. The third-order valence-electron chi connectivity index (χ3n) is 6.14. The Morgan fingerprint density at radius 1 is 0.941 bits per heavy atom. The van der Waals surface area contributed by atoms with Crippen molar-refractivity contribution in [2.75, 3.05) is 31.6 Å². The number of para-hydroxylation sites is 2. The highest BCUT2D eigenvalue weighted by atomic mass is 16.6. The molecule has 2 aliphatic rings. The summed E-state index contributed by atoms with van der Waals surface area (Å²) in [5.41, 5.74) is 2.66. The van der Waals surface area contributed by atoms with E-state index in [1.807, 2.05) is 54.6 Å². The fourth-order valence-electron chi connectivity index (χ4n) is 4.29. The molecule has 1 aromatic heterocycles. The van der Waals surface area contributed by atoms with E-state index >= 15 is 0 Å². The fourth-order valence-corrected chi connectivity index (χ4v) is 4.29. The van der Waals surface area contributed by atoms with Gasteiger partial charge in [-0.15, -0.1) is 0 Å². The zero-order valence-electron chi connectivity index (χ0n) is 19.3. The number of fused-ring (bicyclic) bond motifs is 1. The Morgan fingerprint density at radius 2 is 1.68 bits per heavy atom. The van der Waals surface area contributed by atoms with Crippen LogP contribution in [0.5, 0.6) is 17.4 Å². The third-order valence-corrected chi connectivity index (χ3v) is 6.14. The molecular weight excluding hydrogens is 432 g/mol. The van der Waals surface area contributed by atoms with Crippen LogP contribution in [0.25, 0.3) is 0 Å². The van der Waals surface area contributed by atoms with Crippen molar-refractivity contribution >= 4 is 12.0 Å². The van der Waals surface area contributed by atoms with Crippen LogP contribution < -0.4 is 14.4 Å². The first-order valence-electron chi connectivity index (χ1n) is 11.6. The van der Waals surface area contributed by atoms with Crippen molar-refractivity contribution in [3.8, 4) is 17.4 Å². The van der Waals surface area contributed by atoms with Crippen molar-refractivity contribution < 1.29 is 19.0 Å². The molecule has 8 nitrogen and oxygen atoms in total. The molecule has 1 saturated heterocycles. The van der Waals surface area contributed by atoms with Gasteiger partial charge in [-0.1, -0.05) is 42.5 Å². The van der Waals surface area contributed by atoms with E-state index in [1.165, 1.54) is 0 Å². The molecule has 0 aliphatic carbocycles. The van der Waals surface area contributed by atoms with Crippen LogP contribution in [0, 0.1) is 0 Å². The largest absolute Gasteiger partial charge is 0.493 e. The zero-order chi connectivity index (χ0) is 23.3. The normalized spacial score (nSPS) is 15.1. The van der Waals surface area contributed by atoms with E-state index in [4.69, 9.17) is 24.2 Å². The first-order valence-corrected chi connectivity index (χ1v) is 11.6. The second-order valence-electron chi connectivity index (χ2n) is 8.41. The van der Waals surface area contributed by atoms with Crippen LogP contribution in [-0.2, 0) is 24.3 Å². The molecule has 0 spiro atoms. The van der Waals surface area contributed by atoms with Crippen LogP contribution in [-0.4, -0.2) is 47.7 Å². The molecule has 3 aromatic rings. The Morgan fingerprint density at radius 3 is 2.44 bits per heavy atom. The highest BCUT2D eigenvalue weighted by Crippen LogP contribution is 2.36. The summed E-state index contributed by atoms with van der Waals surface area (Å²) in [6.45, 7) is 2.96. The SMILES string of the molecule is COc1ccccc1Oc1nc(N2CCCC2)nc2c1CN(C(=O)OCc1ccccc1)CC2. The third kappa shape index (κ3) is 4.76. The lowest BCUT2D eigenvalue weighted by Crippen LogP contribution is -2.37. The Balaban J connectivity index is 1.40. The average Bonchev–Trinajstić information content (AvgIpc) is 3.43. The molecule has 0 bridgehead atoms. The van der Waals surface area contributed by atoms with Crippen LogP contribution in [0.2, 0.25) is 0 Å². The lowest BCUT2D eigenvalue weighted by atomic mass is 10.1. The van der Waals surface area contributed by atoms with Gasteiger partial charge in [-0.25, -0.2) is 9.78 Å². The molecule has 0 atom stereocenters. The number of anilines is 1. The van der Waals surface area contributed by atoms with Crippen molar-refractivity contribution in [1.82, 2.24) is 14.9 Å². The number of carbonyl (C=O) groups excluding carboxylic acids is 1. The van der Waals surface area contributed by atoms with Crippen LogP contribution in [0.1, 0.15) is 29.7 Å². The second kappa shape index (κ2) is 9.99. The van der Waals surface area contributed by atoms with Gasteiger partial charge < -0.3 is 24.0 Å².